The summed E-state index contributed by atoms with van der Waals surface area (Å²) in [6, 6.07) is 18.3. The molecule has 20 nitrogen and oxygen atoms in total. The van der Waals surface area contributed by atoms with E-state index in [-0.39, 0.29) is 64.8 Å². The van der Waals surface area contributed by atoms with E-state index in [1.807, 2.05) is 0 Å². The normalized spacial score (nSPS) is 11.8. The van der Waals surface area contributed by atoms with Gasteiger partial charge in [-0.2, -0.15) is 0 Å². The van der Waals surface area contributed by atoms with Gasteiger partial charge in [0, 0.05) is 59.6 Å². The SMILES string of the molecule is O=C(O)CN(CCN(CC(=O)O)CC(Cc1ccc(NC(=S)Nc2ccc(-c3c4ccc(=O)cc-4oc4cc([O-])ccc34)c(C(=O)O)c2)cc1)N(CC(=O)O)CC(=O)O)CC(=O)O. The quantitative estimate of drug-likeness (QED) is 0.0365. The van der Waals surface area contributed by atoms with E-state index in [0.29, 0.717) is 33.5 Å². The van der Waals surface area contributed by atoms with Crippen molar-refractivity contribution in [3.8, 4) is 28.2 Å². The molecule has 3 aromatic carbocycles. The highest BCUT2D eigenvalue weighted by atomic mass is 32.1. The second kappa shape index (κ2) is 20.9. The summed E-state index contributed by atoms with van der Waals surface area (Å²) in [4.78, 5) is 86.5. The molecular weight excluding hydrogens is 847 g/mol. The lowest BCUT2D eigenvalue weighted by molar-refractivity contribution is -0.268. The zero-order chi connectivity index (χ0) is 46.0. The van der Waals surface area contributed by atoms with Gasteiger partial charge in [0.25, 0.3) is 0 Å². The van der Waals surface area contributed by atoms with Gasteiger partial charge in [0.1, 0.15) is 11.3 Å². The van der Waals surface area contributed by atoms with Gasteiger partial charge in [-0.3, -0.25) is 43.5 Å². The lowest BCUT2D eigenvalue weighted by Gasteiger charge is -2.34. The third-order valence-corrected chi connectivity index (χ3v) is 9.80. The molecule has 1 aliphatic heterocycles. The largest absolute Gasteiger partial charge is 0.872 e. The molecule has 1 atom stereocenters. The molecule has 1 heterocycles. The van der Waals surface area contributed by atoms with Crippen LogP contribution in [-0.4, -0.2) is 145 Å². The molecule has 5 rings (SSSR count). The molecule has 3 aromatic rings. The Hall–Kier alpha value is -7.46. The number of carboxylic acids is 6. The van der Waals surface area contributed by atoms with Gasteiger partial charge in [0.2, 0.25) is 0 Å². The first-order valence-electron chi connectivity index (χ1n) is 18.8. The summed E-state index contributed by atoms with van der Waals surface area (Å²) in [7, 11) is 0. The number of rotatable bonds is 22. The maximum atomic E-state index is 12.7. The monoisotopic (exact) mass is 886 g/mol. The maximum Gasteiger partial charge on any atom is 0.336 e. The van der Waals surface area contributed by atoms with Crippen molar-refractivity contribution in [1.29, 1.82) is 0 Å². The summed E-state index contributed by atoms with van der Waals surface area (Å²) in [5.41, 5.74) is 2.17. The maximum absolute atomic E-state index is 12.7. The molecule has 0 fully saturated rings. The van der Waals surface area contributed by atoms with Crippen molar-refractivity contribution >= 4 is 75.5 Å². The molecule has 0 saturated carbocycles. The Morgan fingerprint density at radius 3 is 1.81 bits per heavy atom. The van der Waals surface area contributed by atoms with Crippen LogP contribution < -0.4 is 21.2 Å². The van der Waals surface area contributed by atoms with Crippen molar-refractivity contribution in [2.45, 2.75) is 12.5 Å². The predicted octanol–water partition coefficient (Wildman–Crippen LogP) is 2.39. The number of fused-ring (bicyclic) bond motifs is 2. The predicted molar refractivity (Wildman–Crippen MR) is 227 cm³/mol. The van der Waals surface area contributed by atoms with E-state index in [9.17, 15) is 69.3 Å². The molecule has 0 bridgehead atoms. The van der Waals surface area contributed by atoms with Crippen LogP contribution >= 0.6 is 12.2 Å². The summed E-state index contributed by atoms with van der Waals surface area (Å²) >= 11 is 5.51. The van der Waals surface area contributed by atoms with Crippen molar-refractivity contribution in [2.75, 3.05) is 63.0 Å². The Morgan fingerprint density at radius 1 is 0.651 bits per heavy atom. The summed E-state index contributed by atoms with van der Waals surface area (Å²) in [5, 5.41) is 76.2. The molecule has 0 amide bonds. The fourth-order valence-corrected chi connectivity index (χ4v) is 7.26. The number of aliphatic carboxylic acids is 5. The number of hydrogen-bond donors (Lipinski definition) is 8. The Bertz CT molecular complexity index is 2550. The van der Waals surface area contributed by atoms with Gasteiger partial charge < -0.3 is 50.8 Å². The van der Waals surface area contributed by atoms with E-state index in [1.165, 1.54) is 47.4 Å². The number of nitrogens with one attached hydrogen (secondary N) is 2. The van der Waals surface area contributed by atoms with E-state index in [2.05, 4.69) is 10.6 Å². The molecular formula is C42H40N5O15S-. The van der Waals surface area contributed by atoms with Gasteiger partial charge in [-0.25, -0.2) is 4.79 Å². The van der Waals surface area contributed by atoms with Crippen molar-refractivity contribution in [1.82, 2.24) is 14.7 Å². The highest BCUT2D eigenvalue weighted by molar-refractivity contribution is 7.80. The van der Waals surface area contributed by atoms with Crippen molar-refractivity contribution in [3.63, 3.8) is 0 Å². The van der Waals surface area contributed by atoms with Crippen LogP contribution in [0.25, 0.3) is 33.4 Å². The molecule has 0 radical (unpaired) electrons. The third-order valence-electron chi connectivity index (χ3n) is 9.60. The average Bonchev–Trinajstić information content (AvgIpc) is 3.18. The number of thiocarbonyl (C=S) groups is 1. The van der Waals surface area contributed by atoms with Gasteiger partial charge in [-0.1, -0.05) is 30.3 Å². The van der Waals surface area contributed by atoms with E-state index >= 15 is 0 Å². The first kappa shape index (κ1) is 46.6. The topological polar surface area (TPSA) is 311 Å². The van der Waals surface area contributed by atoms with Crippen LogP contribution in [0.15, 0.2) is 88.1 Å². The standard InChI is InChI=1S/C42H41N5O15S/c48-27-6-9-30-33(15-27)62-34-16-28(49)7-10-31(34)40(30)29-8-5-25(14-32(29)41(60)61)44-42(63)43-24-3-1-23(2-4-24)13-26(47(21-38(56)57)22-39(58)59)17-45(18-35(50)51)11-12-46(19-36(52)53)20-37(54)55/h1-10,14-16,26,48H,11-13,17-22H2,(H,50,51)(H,52,53)(H,54,55)(H,56,57)(H,58,59)(H,60,61)(H2,43,44,63)/p-1. The molecule has 2 aliphatic rings. The number of aromatic carboxylic acids is 1. The van der Waals surface area contributed by atoms with Crippen LogP contribution in [0.2, 0.25) is 0 Å². The van der Waals surface area contributed by atoms with Crippen LogP contribution in [0.3, 0.4) is 0 Å². The van der Waals surface area contributed by atoms with E-state index in [0.717, 1.165) is 9.80 Å². The van der Waals surface area contributed by atoms with Crippen LogP contribution in [-0.2, 0) is 30.4 Å². The van der Waals surface area contributed by atoms with Crippen molar-refractivity contribution in [3.05, 3.63) is 100 Å². The molecule has 0 spiro atoms. The Kier molecular flexibility index (Phi) is 15.4. The molecule has 1 aliphatic carbocycles. The number of benzene rings is 4. The van der Waals surface area contributed by atoms with Gasteiger partial charge in [-0.15, -0.1) is 5.75 Å². The first-order chi connectivity index (χ1) is 29.8. The minimum atomic E-state index is -1.35. The van der Waals surface area contributed by atoms with Gasteiger partial charge in [-0.05, 0) is 72.2 Å². The summed E-state index contributed by atoms with van der Waals surface area (Å²) in [6.45, 7) is -3.85. The fourth-order valence-electron chi connectivity index (χ4n) is 7.02. The number of carboxylic acid groups (broad SMARTS) is 6. The van der Waals surface area contributed by atoms with Crippen LogP contribution in [0.1, 0.15) is 15.9 Å². The Labute approximate surface area is 362 Å². The lowest BCUT2D eigenvalue weighted by Crippen LogP contribution is -2.51. The second-order valence-corrected chi connectivity index (χ2v) is 14.7. The van der Waals surface area contributed by atoms with E-state index in [1.54, 1.807) is 36.4 Å². The highest BCUT2D eigenvalue weighted by Crippen LogP contribution is 2.42. The average molecular weight is 887 g/mol. The van der Waals surface area contributed by atoms with E-state index < -0.39 is 74.6 Å². The van der Waals surface area contributed by atoms with E-state index in [4.69, 9.17) is 16.6 Å². The van der Waals surface area contributed by atoms with Gasteiger partial charge >= 0.3 is 35.8 Å². The minimum Gasteiger partial charge on any atom is -0.872 e. The molecule has 0 saturated heterocycles. The zero-order valence-corrected chi connectivity index (χ0v) is 33.9. The summed E-state index contributed by atoms with van der Waals surface area (Å²) < 4.78 is 5.85. The lowest BCUT2D eigenvalue weighted by atomic mass is 9.90. The Morgan fingerprint density at radius 2 is 1.21 bits per heavy atom. The summed E-state index contributed by atoms with van der Waals surface area (Å²) in [6.07, 6.45) is 0.0219. The highest BCUT2D eigenvalue weighted by Gasteiger charge is 2.28. The fraction of sp³-hybridized carbons (Fsp3) is 0.238. The number of hydrogen-bond acceptors (Lipinski definition) is 13. The van der Waals surface area contributed by atoms with Crippen LogP contribution in [0.4, 0.5) is 11.4 Å². The number of carbonyl (C=O) groups is 6. The first-order valence-corrected chi connectivity index (χ1v) is 19.3. The summed E-state index contributed by atoms with van der Waals surface area (Å²) in [5.74, 6) is -8.06. The smallest absolute Gasteiger partial charge is 0.336 e. The molecule has 63 heavy (non-hydrogen) atoms. The second-order valence-electron chi connectivity index (χ2n) is 14.3. The van der Waals surface area contributed by atoms with Crippen LogP contribution in [0.5, 0.6) is 5.75 Å². The number of nitrogens with zero attached hydrogens (tertiary/aromatic N) is 3. The molecule has 1 unspecified atom stereocenters. The van der Waals surface area contributed by atoms with Gasteiger partial charge in [0.15, 0.2) is 10.5 Å². The van der Waals surface area contributed by atoms with Crippen molar-refractivity contribution in [2.24, 2.45) is 0 Å². The van der Waals surface area contributed by atoms with Crippen LogP contribution in [0, 0.1) is 0 Å². The van der Waals surface area contributed by atoms with Crippen molar-refractivity contribution < 1.29 is 68.9 Å². The number of anilines is 2. The molecule has 0 aromatic heterocycles. The Balaban J connectivity index is 1.35. The van der Waals surface area contributed by atoms with Gasteiger partial charge in [0.05, 0.1) is 38.3 Å². The minimum absolute atomic E-state index is 0.0219. The molecule has 330 valence electrons. The molecule has 8 N–H and O–H groups in total. The third kappa shape index (κ3) is 13.3. The zero-order valence-electron chi connectivity index (χ0n) is 33.1. The molecule has 21 heteroatoms.